The van der Waals surface area contributed by atoms with Gasteiger partial charge in [-0.25, -0.2) is 8.78 Å². The van der Waals surface area contributed by atoms with E-state index in [9.17, 15) is 18.7 Å². The number of halogens is 2. The maximum Gasteiger partial charge on any atom is 0.314 e. The van der Waals surface area contributed by atoms with E-state index in [1.807, 2.05) is 25.2 Å². The molecule has 1 N–H and O–H groups in total. The van der Waals surface area contributed by atoms with E-state index in [4.69, 9.17) is 0 Å². The molecule has 0 amide bonds. The van der Waals surface area contributed by atoms with E-state index >= 15 is 0 Å². The maximum absolute atomic E-state index is 14.1. The van der Waals surface area contributed by atoms with Gasteiger partial charge in [-0.1, -0.05) is 18.2 Å². The monoisotopic (exact) mass is 370 g/mol. The minimum atomic E-state index is -1.20. The van der Waals surface area contributed by atoms with Gasteiger partial charge >= 0.3 is 5.97 Å². The van der Waals surface area contributed by atoms with E-state index in [-0.39, 0.29) is 11.5 Å². The van der Waals surface area contributed by atoms with Gasteiger partial charge in [0.1, 0.15) is 0 Å². The summed E-state index contributed by atoms with van der Waals surface area (Å²) in [4.78, 5) is 12.2. The molecule has 1 aliphatic rings. The van der Waals surface area contributed by atoms with Crippen molar-refractivity contribution in [2.45, 2.75) is 37.5 Å². The van der Waals surface area contributed by atoms with Crippen molar-refractivity contribution in [3.05, 3.63) is 64.9 Å². The average Bonchev–Trinajstić information content (AvgIpc) is 3.25. The summed E-state index contributed by atoms with van der Waals surface area (Å²) in [5, 5.41) is 15.3. The van der Waals surface area contributed by atoms with E-state index in [0.29, 0.717) is 24.8 Å². The SMILES string of the molecule is Cc1c(C2(C(=O)O)CCC(c3ccc4cnn(C)c4c3)C2)ccc(F)c1F. The average molecular weight is 370 g/mol. The molecule has 2 unspecified atom stereocenters. The lowest BCUT2D eigenvalue weighted by Crippen LogP contribution is -2.34. The molecule has 1 aliphatic carbocycles. The van der Waals surface area contributed by atoms with E-state index in [2.05, 4.69) is 5.10 Å². The number of carboxylic acid groups (broad SMARTS) is 1. The van der Waals surface area contributed by atoms with Crippen molar-refractivity contribution in [1.82, 2.24) is 9.78 Å². The van der Waals surface area contributed by atoms with E-state index in [0.717, 1.165) is 22.5 Å². The highest BCUT2D eigenvalue weighted by Gasteiger charge is 2.48. The first-order valence-corrected chi connectivity index (χ1v) is 8.93. The van der Waals surface area contributed by atoms with Crippen molar-refractivity contribution in [3.8, 4) is 0 Å². The highest BCUT2D eigenvalue weighted by molar-refractivity contribution is 5.83. The van der Waals surface area contributed by atoms with Gasteiger partial charge < -0.3 is 5.11 Å². The number of carboxylic acids is 1. The van der Waals surface area contributed by atoms with Crippen molar-refractivity contribution in [2.24, 2.45) is 7.05 Å². The first-order chi connectivity index (χ1) is 12.8. The van der Waals surface area contributed by atoms with Crippen LogP contribution in [0.4, 0.5) is 8.78 Å². The second-order valence-corrected chi connectivity index (χ2v) is 7.45. The Bertz CT molecular complexity index is 1060. The Morgan fingerprint density at radius 3 is 2.81 bits per heavy atom. The number of fused-ring (bicyclic) bond motifs is 1. The summed E-state index contributed by atoms with van der Waals surface area (Å²) in [6.45, 7) is 1.45. The van der Waals surface area contributed by atoms with Crippen LogP contribution >= 0.6 is 0 Å². The van der Waals surface area contributed by atoms with E-state index in [1.165, 1.54) is 13.0 Å². The molecule has 4 nitrogen and oxygen atoms in total. The Balaban J connectivity index is 1.75. The number of rotatable bonds is 3. The largest absolute Gasteiger partial charge is 0.481 e. The molecule has 140 valence electrons. The molecule has 0 spiro atoms. The third-order valence-corrected chi connectivity index (χ3v) is 6.02. The van der Waals surface area contributed by atoms with Crippen LogP contribution in [0.1, 0.15) is 41.9 Å². The molecule has 0 aliphatic heterocycles. The fourth-order valence-corrected chi connectivity index (χ4v) is 4.47. The zero-order chi connectivity index (χ0) is 19.3. The van der Waals surface area contributed by atoms with Crippen molar-refractivity contribution in [1.29, 1.82) is 0 Å². The Kier molecular flexibility index (Phi) is 4.02. The summed E-state index contributed by atoms with van der Waals surface area (Å²) < 4.78 is 29.4. The molecule has 1 fully saturated rings. The molecule has 1 saturated carbocycles. The molecule has 1 heterocycles. The molecule has 0 saturated heterocycles. The molecule has 0 bridgehead atoms. The smallest absolute Gasteiger partial charge is 0.314 e. The molecule has 4 rings (SSSR count). The van der Waals surface area contributed by atoms with Crippen LogP contribution in [0.5, 0.6) is 0 Å². The van der Waals surface area contributed by atoms with Gasteiger partial charge in [0.15, 0.2) is 11.6 Å². The van der Waals surface area contributed by atoms with Gasteiger partial charge in [0.05, 0.1) is 17.1 Å². The van der Waals surface area contributed by atoms with Gasteiger partial charge in [-0.3, -0.25) is 9.48 Å². The molecule has 3 aromatic rings. The van der Waals surface area contributed by atoms with Crippen LogP contribution in [-0.4, -0.2) is 20.9 Å². The second-order valence-electron chi connectivity index (χ2n) is 7.45. The Labute approximate surface area is 155 Å². The number of hydrogen-bond donors (Lipinski definition) is 1. The van der Waals surface area contributed by atoms with Gasteiger partial charge in [-0.2, -0.15) is 5.10 Å². The zero-order valence-corrected chi connectivity index (χ0v) is 15.2. The minimum Gasteiger partial charge on any atom is -0.481 e. The van der Waals surface area contributed by atoms with Gasteiger partial charge in [-0.05, 0) is 60.9 Å². The number of nitrogens with zero attached hydrogens (tertiary/aromatic N) is 2. The number of aryl methyl sites for hydroxylation is 1. The maximum atomic E-state index is 14.1. The van der Waals surface area contributed by atoms with Crippen LogP contribution < -0.4 is 0 Å². The number of hydrogen-bond acceptors (Lipinski definition) is 2. The zero-order valence-electron chi connectivity index (χ0n) is 15.2. The van der Waals surface area contributed by atoms with Crippen molar-refractivity contribution < 1.29 is 18.7 Å². The van der Waals surface area contributed by atoms with Crippen molar-refractivity contribution in [2.75, 3.05) is 0 Å². The van der Waals surface area contributed by atoms with Crippen LogP contribution in [0.15, 0.2) is 36.5 Å². The number of carbonyl (C=O) groups is 1. The number of aromatic nitrogens is 2. The minimum absolute atomic E-state index is 0.0351. The van der Waals surface area contributed by atoms with Crippen LogP contribution in [0, 0.1) is 18.6 Å². The standard InChI is InChI=1S/C21H20F2N2O2/c1-12-16(5-6-17(22)19(12)23)21(20(26)27)8-7-14(10-21)13-3-4-15-11-24-25(2)18(15)9-13/h3-6,9,11,14H,7-8,10H2,1-2H3,(H,26,27). The fraction of sp³-hybridized carbons (Fsp3) is 0.333. The highest BCUT2D eigenvalue weighted by Crippen LogP contribution is 2.50. The third kappa shape index (κ3) is 2.62. The van der Waals surface area contributed by atoms with Crippen molar-refractivity contribution in [3.63, 3.8) is 0 Å². The summed E-state index contributed by atoms with van der Waals surface area (Å²) in [5.41, 5.74) is 1.29. The van der Waals surface area contributed by atoms with Gasteiger partial charge in [0, 0.05) is 12.4 Å². The number of aliphatic carboxylic acids is 1. The van der Waals surface area contributed by atoms with Gasteiger partial charge in [-0.15, -0.1) is 0 Å². The third-order valence-electron chi connectivity index (χ3n) is 6.02. The second kappa shape index (κ2) is 6.15. The van der Waals surface area contributed by atoms with Crippen LogP contribution in [-0.2, 0) is 17.3 Å². The Morgan fingerprint density at radius 2 is 2.07 bits per heavy atom. The van der Waals surface area contributed by atoms with Crippen molar-refractivity contribution >= 4 is 16.9 Å². The molecule has 2 aromatic carbocycles. The quantitative estimate of drug-likeness (QED) is 0.741. The van der Waals surface area contributed by atoms with E-state index < -0.39 is 23.0 Å². The first kappa shape index (κ1) is 17.6. The highest BCUT2D eigenvalue weighted by atomic mass is 19.2. The molecular weight excluding hydrogens is 350 g/mol. The normalized spacial score (nSPS) is 22.4. The summed E-state index contributed by atoms with van der Waals surface area (Å²) in [6.07, 6.45) is 3.22. The molecule has 2 atom stereocenters. The Morgan fingerprint density at radius 1 is 1.30 bits per heavy atom. The van der Waals surface area contributed by atoms with E-state index in [1.54, 1.807) is 10.9 Å². The predicted octanol–water partition coefficient (Wildman–Crippen LogP) is 4.45. The predicted molar refractivity (Wildman–Crippen MR) is 97.7 cm³/mol. The molecule has 27 heavy (non-hydrogen) atoms. The fourth-order valence-electron chi connectivity index (χ4n) is 4.47. The summed E-state index contributed by atoms with van der Waals surface area (Å²) in [5.74, 6) is -2.87. The Hall–Kier alpha value is -2.76. The first-order valence-electron chi connectivity index (χ1n) is 8.93. The lowest BCUT2D eigenvalue weighted by Gasteiger charge is -2.27. The summed E-state index contributed by atoms with van der Waals surface area (Å²) in [7, 11) is 1.87. The lowest BCUT2D eigenvalue weighted by molar-refractivity contribution is -0.143. The van der Waals surface area contributed by atoms with Crippen LogP contribution in [0.2, 0.25) is 0 Å². The lowest BCUT2D eigenvalue weighted by atomic mass is 9.75. The molecule has 6 heteroatoms. The van der Waals surface area contributed by atoms with Crippen LogP contribution in [0.3, 0.4) is 0 Å². The molecule has 0 radical (unpaired) electrons. The van der Waals surface area contributed by atoms with Crippen LogP contribution in [0.25, 0.3) is 10.9 Å². The topological polar surface area (TPSA) is 55.1 Å². The number of benzene rings is 2. The summed E-state index contributed by atoms with van der Waals surface area (Å²) in [6, 6.07) is 8.49. The van der Waals surface area contributed by atoms with Gasteiger partial charge in [0.2, 0.25) is 0 Å². The summed E-state index contributed by atoms with van der Waals surface area (Å²) >= 11 is 0. The molecule has 1 aromatic heterocycles. The van der Waals surface area contributed by atoms with Gasteiger partial charge in [0.25, 0.3) is 0 Å². The molecular formula is C21H20F2N2O2.